The molecule has 0 saturated carbocycles. The second kappa shape index (κ2) is 6.68. The number of hydrogen-bond acceptors (Lipinski definition) is 4. The van der Waals surface area contributed by atoms with Crippen LogP contribution in [0.4, 0.5) is 0 Å². The van der Waals surface area contributed by atoms with Crippen LogP contribution < -0.4 is 4.72 Å². The van der Waals surface area contributed by atoms with Gasteiger partial charge in [0.1, 0.15) is 0 Å². The van der Waals surface area contributed by atoms with Gasteiger partial charge in [0.25, 0.3) is 0 Å². The van der Waals surface area contributed by atoms with Crippen LogP contribution in [0.3, 0.4) is 0 Å². The van der Waals surface area contributed by atoms with E-state index >= 15 is 0 Å². The van der Waals surface area contributed by atoms with E-state index in [9.17, 15) is 13.5 Å². The number of unbranched alkanes of at least 4 members (excludes halogenated alkanes) is 1. The number of aliphatic hydroxyl groups excluding tert-OH is 1. The summed E-state index contributed by atoms with van der Waals surface area (Å²) in [5.74, 6) is 0.168. The first kappa shape index (κ1) is 14.9. The lowest BCUT2D eigenvalue weighted by molar-refractivity contribution is -0.0126. The molecule has 1 aliphatic rings. The van der Waals surface area contributed by atoms with Crippen LogP contribution in [0.1, 0.15) is 32.6 Å². The molecule has 0 unspecified atom stereocenters. The highest BCUT2D eigenvalue weighted by Gasteiger charge is 2.33. The topological polar surface area (TPSA) is 75.6 Å². The third kappa shape index (κ3) is 4.91. The van der Waals surface area contributed by atoms with E-state index in [0.29, 0.717) is 39.0 Å². The molecule has 1 rings (SSSR count). The minimum atomic E-state index is -3.19. The Bertz CT molecular complexity index is 309. The molecule has 102 valence electrons. The minimum Gasteiger partial charge on any atom is -0.396 e. The number of ether oxygens (including phenoxy) is 1. The lowest BCUT2D eigenvalue weighted by Gasteiger charge is -2.35. The van der Waals surface area contributed by atoms with Gasteiger partial charge in [0, 0.05) is 25.2 Å². The third-order valence-corrected chi connectivity index (χ3v) is 4.73. The van der Waals surface area contributed by atoms with Gasteiger partial charge in [-0.15, -0.1) is 0 Å². The molecule has 1 heterocycles. The number of hydrogen-bond donors (Lipinski definition) is 2. The summed E-state index contributed by atoms with van der Waals surface area (Å²) in [6, 6.07) is 0. The molecule has 17 heavy (non-hydrogen) atoms. The van der Waals surface area contributed by atoms with Gasteiger partial charge >= 0.3 is 0 Å². The van der Waals surface area contributed by atoms with Crippen molar-refractivity contribution in [2.75, 3.05) is 32.1 Å². The van der Waals surface area contributed by atoms with Crippen molar-refractivity contribution in [3.05, 3.63) is 0 Å². The Balaban J connectivity index is 2.46. The van der Waals surface area contributed by atoms with E-state index in [0.717, 1.165) is 6.42 Å². The molecule has 6 heteroatoms. The smallest absolute Gasteiger partial charge is 0.211 e. The monoisotopic (exact) mass is 265 g/mol. The lowest BCUT2D eigenvalue weighted by Crippen LogP contribution is -2.44. The summed E-state index contributed by atoms with van der Waals surface area (Å²) in [6.45, 7) is 3.48. The molecule has 1 aliphatic heterocycles. The van der Waals surface area contributed by atoms with Gasteiger partial charge in [-0.05, 0) is 19.3 Å². The van der Waals surface area contributed by atoms with E-state index < -0.39 is 10.0 Å². The summed E-state index contributed by atoms with van der Waals surface area (Å²) in [4.78, 5) is 0. The zero-order chi connectivity index (χ0) is 12.8. The maximum atomic E-state index is 11.7. The fourth-order valence-electron chi connectivity index (χ4n) is 1.86. The quantitative estimate of drug-likeness (QED) is 0.702. The molecule has 5 nitrogen and oxygen atoms in total. The normalized spacial score (nSPS) is 20.4. The van der Waals surface area contributed by atoms with Gasteiger partial charge in [-0.3, -0.25) is 0 Å². The van der Waals surface area contributed by atoms with E-state index in [-0.39, 0.29) is 17.8 Å². The highest BCUT2D eigenvalue weighted by molar-refractivity contribution is 7.89. The van der Waals surface area contributed by atoms with Gasteiger partial charge in [-0.2, -0.15) is 0 Å². The maximum Gasteiger partial charge on any atom is 0.211 e. The molecule has 0 spiro atoms. The second-order valence-corrected chi connectivity index (χ2v) is 6.69. The fourth-order valence-corrected chi connectivity index (χ4v) is 3.20. The van der Waals surface area contributed by atoms with Crippen LogP contribution in [0, 0.1) is 5.41 Å². The standard InChI is InChI=1S/C11H23NO4S/c1-2-3-8-17(14,15)12-9-11(10-13)4-6-16-7-5-11/h12-13H,2-10H2,1H3. The first-order valence-electron chi connectivity index (χ1n) is 6.19. The van der Waals surface area contributed by atoms with Crippen molar-refractivity contribution in [1.82, 2.24) is 4.72 Å². The van der Waals surface area contributed by atoms with Crippen LogP contribution in [0.2, 0.25) is 0 Å². The summed E-state index contributed by atoms with van der Waals surface area (Å²) in [5, 5.41) is 9.42. The molecule has 0 aromatic carbocycles. The van der Waals surface area contributed by atoms with E-state index in [1.165, 1.54) is 0 Å². The van der Waals surface area contributed by atoms with Crippen LogP contribution in [-0.4, -0.2) is 45.6 Å². The predicted octanol–water partition coefficient (Wildman–Crippen LogP) is 0.495. The van der Waals surface area contributed by atoms with Gasteiger partial charge in [0.05, 0.1) is 12.4 Å². The summed E-state index contributed by atoms with van der Waals surface area (Å²) in [6.07, 6.45) is 2.95. The van der Waals surface area contributed by atoms with Crippen molar-refractivity contribution >= 4 is 10.0 Å². The summed E-state index contributed by atoms with van der Waals surface area (Å²) >= 11 is 0. The maximum absolute atomic E-state index is 11.7. The van der Waals surface area contributed by atoms with Crippen LogP contribution in [0.15, 0.2) is 0 Å². The number of aliphatic hydroxyl groups is 1. The van der Waals surface area contributed by atoms with Gasteiger partial charge in [0.15, 0.2) is 0 Å². The van der Waals surface area contributed by atoms with Gasteiger partial charge in [-0.1, -0.05) is 13.3 Å². The van der Waals surface area contributed by atoms with Crippen molar-refractivity contribution in [3.63, 3.8) is 0 Å². The Hall–Kier alpha value is -0.170. The van der Waals surface area contributed by atoms with E-state index in [1.54, 1.807) is 0 Å². The molecule has 0 bridgehead atoms. The molecule has 0 aliphatic carbocycles. The molecule has 1 saturated heterocycles. The molecular weight excluding hydrogens is 242 g/mol. The number of sulfonamides is 1. The van der Waals surface area contributed by atoms with Crippen molar-refractivity contribution < 1.29 is 18.3 Å². The lowest BCUT2D eigenvalue weighted by atomic mass is 9.81. The SMILES string of the molecule is CCCCS(=O)(=O)NCC1(CO)CCOCC1. The van der Waals surface area contributed by atoms with E-state index in [2.05, 4.69) is 4.72 Å². The molecule has 0 atom stereocenters. The zero-order valence-corrected chi connectivity index (χ0v) is 11.3. The van der Waals surface area contributed by atoms with Crippen molar-refractivity contribution in [2.45, 2.75) is 32.6 Å². The average Bonchev–Trinajstić information content (AvgIpc) is 2.35. The minimum absolute atomic E-state index is 0.00660. The molecule has 0 aromatic heterocycles. The molecule has 1 fully saturated rings. The van der Waals surface area contributed by atoms with Crippen LogP contribution in [-0.2, 0) is 14.8 Å². The van der Waals surface area contributed by atoms with Crippen LogP contribution in [0.5, 0.6) is 0 Å². The van der Waals surface area contributed by atoms with Crippen molar-refractivity contribution in [1.29, 1.82) is 0 Å². The first-order chi connectivity index (χ1) is 8.04. The van der Waals surface area contributed by atoms with Crippen LogP contribution >= 0.6 is 0 Å². The molecule has 0 radical (unpaired) electrons. The Morgan fingerprint density at radius 1 is 1.35 bits per heavy atom. The molecular formula is C11H23NO4S. The summed E-state index contributed by atoms with van der Waals surface area (Å²) in [5.41, 5.74) is -0.336. The highest BCUT2D eigenvalue weighted by Crippen LogP contribution is 2.29. The van der Waals surface area contributed by atoms with E-state index in [1.807, 2.05) is 6.92 Å². The highest BCUT2D eigenvalue weighted by atomic mass is 32.2. The average molecular weight is 265 g/mol. The van der Waals surface area contributed by atoms with Crippen molar-refractivity contribution in [3.8, 4) is 0 Å². The summed E-state index contributed by atoms with van der Waals surface area (Å²) < 4.78 is 31.2. The summed E-state index contributed by atoms with van der Waals surface area (Å²) in [7, 11) is -3.19. The fraction of sp³-hybridized carbons (Fsp3) is 1.00. The zero-order valence-electron chi connectivity index (χ0n) is 10.4. The van der Waals surface area contributed by atoms with Gasteiger partial charge in [0.2, 0.25) is 10.0 Å². The predicted molar refractivity (Wildman–Crippen MR) is 66.3 cm³/mol. The van der Waals surface area contributed by atoms with Crippen LogP contribution in [0.25, 0.3) is 0 Å². The van der Waals surface area contributed by atoms with Gasteiger partial charge in [-0.25, -0.2) is 13.1 Å². The van der Waals surface area contributed by atoms with Gasteiger partial charge < -0.3 is 9.84 Å². The Morgan fingerprint density at radius 3 is 2.53 bits per heavy atom. The largest absolute Gasteiger partial charge is 0.396 e. The first-order valence-corrected chi connectivity index (χ1v) is 7.85. The number of nitrogens with one attached hydrogen (secondary N) is 1. The van der Waals surface area contributed by atoms with E-state index in [4.69, 9.17) is 4.74 Å². The molecule has 0 amide bonds. The Morgan fingerprint density at radius 2 is 2.00 bits per heavy atom. The Labute approximate surface area is 104 Å². The molecule has 0 aromatic rings. The number of rotatable bonds is 7. The Kier molecular flexibility index (Phi) is 5.85. The molecule has 2 N–H and O–H groups in total. The van der Waals surface area contributed by atoms with Crippen molar-refractivity contribution in [2.24, 2.45) is 5.41 Å². The third-order valence-electron chi connectivity index (χ3n) is 3.32. The second-order valence-electron chi connectivity index (χ2n) is 4.76.